The molecule has 0 aromatic heterocycles. The van der Waals surface area contributed by atoms with Crippen LogP contribution in [0.3, 0.4) is 0 Å². The average molecular weight is 423 g/mol. The number of hydrogen-bond acceptors (Lipinski definition) is 4. The van der Waals surface area contributed by atoms with Crippen molar-refractivity contribution in [1.29, 1.82) is 0 Å². The average Bonchev–Trinajstić information content (AvgIpc) is 2.79. The first-order valence-corrected chi connectivity index (χ1v) is 11.2. The standard InChI is InChI=1S/C25H34N4O2/c1-3-28-13-15-29(16-14-28)19-22-11-9-21(10-12-22)18-26-24(30)17-20(2)27-25(31)23-7-5-4-6-8-23/h4-12,20H,3,13-19H2,1-2H3,(H,26,30)(H,27,31)/t20-/m0/s1. The fourth-order valence-electron chi connectivity index (χ4n) is 3.78. The van der Waals surface area contributed by atoms with Gasteiger partial charge in [-0.15, -0.1) is 0 Å². The van der Waals surface area contributed by atoms with Gasteiger partial charge in [-0.2, -0.15) is 0 Å². The van der Waals surface area contributed by atoms with E-state index >= 15 is 0 Å². The predicted octanol–water partition coefficient (Wildman–Crippen LogP) is 2.65. The zero-order valence-corrected chi connectivity index (χ0v) is 18.6. The van der Waals surface area contributed by atoms with Crippen LogP contribution in [0.15, 0.2) is 54.6 Å². The highest BCUT2D eigenvalue weighted by Crippen LogP contribution is 2.10. The van der Waals surface area contributed by atoms with Crippen LogP contribution in [0.2, 0.25) is 0 Å². The lowest BCUT2D eigenvalue weighted by Crippen LogP contribution is -2.45. The Labute approximate surface area is 185 Å². The third kappa shape index (κ3) is 7.49. The Morgan fingerprint density at radius 2 is 1.52 bits per heavy atom. The second-order valence-electron chi connectivity index (χ2n) is 8.25. The maximum Gasteiger partial charge on any atom is 0.251 e. The maximum atomic E-state index is 12.3. The lowest BCUT2D eigenvalue weighted by Gasteiger charge is -2.34. The smallest absolute Gasteiger partial charge is 0.251 e. The molecule has 0 spiro atoms. The van der Waals surface area contributed by atoms with Crippen molar-refractivity contribution in [2.24, 2.45) is 0 Å². The molecule has 6 nitrogen and oxygen atoms in total. The lowest BCUT2D eigenvalue weighted by molar-refractivity contribution is -0.121. The molecule has 1 fully saturated rings. The summed E-state index contributed by atoms with van der Waals surface area (Å²) in [6.07, 6.45) is 0.250. The Bertz CT molecular complexity index is 830. The molecule has 1 aliphatic rings. The molecular weight excluding hydrogens is 388 g/mol. The monoisotopic (exact) mass is 422 g/mol. The highest BCUT2D eigenvalue weighted by molar-refractivity contribution is 5.94. The van der Waals surface area contributed by atoms with Crippen molar-refractivity contribution in [3.05, 3.63) is 71.3 Å². The van der Waals surface area contributed by atoms with Gasteiger partial charge in [-0.05, 0) is 36.7 Å². The molecule has 6 heteroatoms. The van der Waals surface area contributed by atoms with E-state index in [1.54, 1.807) is 12.1 Å². The molecule has 1 heterocycles. The van der Waals surface area contributed by atoms with Crippen LogP contribution in [0.5, 0.6) is 0 Å². The number of likely N-dealkylation sites (N-methyl/N-ethyl adjacent to an activating group) is 1. The molecule has 2 N–H and O–H groups in total. The normalized spacial score (nSPS) is 15.9. The van der Waals surface area contributed by atoms with E-state index in [0.717, 1.165) is 44.8 Å². The molecule has 2 aromatic carbocycles. The number of piperazine rings is 1. The first kappa shape index (κ1) is 23.0. The molecular formula is C25H34N4O2. The first-order valence-electron chi connectivity index (χ1n) is 11.2. The third-order valence-corrected chi connectivity index (χ3v) is 5.74. The van der Waals surface area contributed by atoms with Gasteiger partial charge in [0.2, 0.25) is 5.91 Å². The Morgan fingerprint density at radius 3 is 2.16 bits per heavy atom. The molecule has 3 rings (SSSR count). The fraction of sp³-hybridized carbons (Fsp3) is 0.440. The van der Waals surface area contributed by atoms with E-state index in [1.807, 2.05) is 25.1 Å². The molecule has 31 heavy (non-hydrogen) atoms. The van der Waals surface area contributed by atoms with E-state index in [1.165, 1.54) is 5.56 Å². The van der Waals surface area contributed by atoms with Crippen LogP contribution in [-0.4, -0.2) is 60.4 Å². The van der Waals surface area contributed by atoms with Crippen molar-refractivity contribution in [1.82, 2.24) is 20.4 Å². The summed E-state index contributed by atoms with van der Waals surface area (Å²) in [5.74, 6) is -0.230. The van der Waals surface area contributed by atoms with Gasteiger partial charge in [0.05, 0.1) is 0 Å². The zero-order valence-electron chi connectivity index (χ0n) is 18.6. The van der Waals surface area contributed by atoms with Crippen LogP contribution in [0, 0.1) is 0 Å². The molecule has 0 aliphatic carbocycles. The van der Waals surface area contributed by atoms with Crippen molar-refractivity contribution in [2.75, 3.05) is 32.7 Å². The molecule has 2 amide bonds. The van der Waals surface area contributed by atoms with Crippen LogP contribution in [0.1, 0.15) is 41.8 Å². The molecule has 0 bridgehead atoms. The van der Waals surface area contributed by atoms with Crippen LogP contribution < -0.4 is 10.6 Å². The summed E-state index contributed by atoms with van der Waals surface area (Å²) >= 11 is 0. The van der Waals surface area contributed by atoms with Gasteiger partial charge in [0.1, 0.15) is 0 Å². The molecule has 1 atom stereocenters. The van der Waals surface area contributed by atoms with E-state index in [0.29, 0.717) is 12.1 Å². The summed E-state index contributed by atoms with van der Waals surface area (Å²) < 4.78 is 0. The van der Waals surface area contributed by atoms with Gasteiger partial charge in [0.15, 0.2) is 0 Å². The van der Waals surface area contributed by atoms with Crippen molar-refractivity contribution in [2.45, 2.75) is 39.4 Å². The van der Waals surface area contributed by atoms with E-state index < -0.39 is 0 Å². The van der Waals surface area contributed by atoms with E-state index in [2.05, 4.69) is 51.6 Å². The predicted molar refractivity (Wildman–Crippen MR) is 124 cm³/mol. The van der Waals surface area contributed by atoms with Crippen LogP contribution in [0.25, 0.3) is 0 Å². The van der Waals surface area contributed by atoms with Gasteiger partial charge in [-0.3, -0.25) is 14.5 Å². The van der Waals surface area contributed by atoms with Crippen molar-refractivity contribution in [3.8, 4) is 0 Å². The minimum absolute atomic E-state index is 0.0706. The SMILES string of the molecule is CCN1CCN(Cc2ccc(CNC(=O)C[C@H](C)NC(=O)c3ccccc3)cc2)CC1. The zero-order chi connectivity index (χ0) is 22.1. The topological polar surface area (TPSA) is 64.7 Å². The second kappa shape index (κ2) is 11.6. The molecule has 0 saturated carbocycles. The van der Waals surface area contributed by atoms with Crippen molar-refractivity contribution in [3.63, 3.8) is 0 Å². The third-order valence-electron chi connectivity index (χ3n) is 5.74. The van der Waals surface area contributed by atoms with Gasteiger partial charge in [0, 0.05) is 57.3 Å². The number of hydrogen-bond donors (Lipinski definition) is 2. The number of carbonyl (C=O) groups is 2. The molecule has 1 aliphatic heterocycles. The summed E-state index contributed by atoms with van der Waals surface area (Å²) in [6.45, 7) is 11.2. The minimum Gasteiger partial charge on any atom is -0.352 e. The number of nitrogens with one attached hydrogen (secondary N) is 2. The molecule has 1 saturated heterocycles. The number of rotatable bonds is 9. The van der Waals surface area contributed by atoms with Crippen LogP contribution >= 0.6 is 0 Å². The highest BCUT2D eigenvalue weighted by Gasteiger charge is 2.16. The van der Waals surface area contributed by atoms with E-state index in [-0.39, 0.29) is 24.3 Å². The summed E-state index contributed by atoms with van der Waals surface area (Å²) in [4.78, 5) is 29.4. The first-order chi connectivity index (χ1) is 15.0. The summed E-state index contributed by atoms with van der Waals surface area (Å²) in [5.41, 5.74) is 2.98. The van der Waals surface area contributed by atoms with Gasteiger partial charge >= 0.3 is 0 Å². The number of amides is 2. The molecule has 166 valence electrons. The molecule has 0 unspecified atom stereocenters. The Hall–Kier alpha value is -2.70. The Morgan fingerprint density at radius 1 is 0.903 bits per heavy atom. The fourth-order valence-corrected chi connectivity index (χ4v) is 3.78. The largest absolute Gasteiger partial charge is 0.352 e. The number of nitrogens with zero attached hydrogens (tertiary/aromatic N) is 2. The van der Waals surface area contributed by atoms with E-state index in [9.17, 15) is 9.59 Å². The quantitative estimate of drug-likeness (QED) is 0.652. The minimum atomic E-state index is -0.233. The summed E-state index contributed by atoms with van der Waals surface area (Å²) in [6, 6.07) is 17.3. The Balaban J connectivity index is 1.37. The van der Waals surface area contributed by atoms with Gasteiger partial charge < -0.3 is 15.5 Å². The van der Waals surface area contributed by atoms with Crippen LogP contribution in [-0.2, 0) is 17.9 Å². The second-order valence-corrected chi connectivity index (χ2v) is 8.25. The number of carbonyl (C=O) groups excluding carboxylic acids is 2. The van der Waals surface area contributed by atoms with Crippen LogP contribution in [0.4, 0.5) is 0 Å². The maximum absolute atomic E-state index is 12.3. The van der Waals surface area contributed by atoms with Crippen molar-refractivity contribution >= 4 is 11.8 Å². The van der Waals surface area contributed by atoms with Gasteiger partial charge in [0.25, 0.3) is 5.91 Å². The van der Waals surface area contributed by atoms with Gasteiger partial charge in [-0.25, -0.2) is 0 Å². The Kier molecular flexibility index (Phi) is 8.62. The molecule has 2 aromatic rings. The summed E-state index contributed by atoms with van der Waals surface area (Å²) in [5, 5.41) is 5.82. The molecule has 0 radical (unpaired) electrons. The summed E-state index contributed by atoms with van der Waals surface area (Å²) in [7, 11) is 0. The lowest BCUT2D eigenvalue weighted by atomic mass is 10.1. The van der Waals surface area contributed by atoms with Crippen molar-refractivity contribution < 1.29 is 9.59 Å². The van der Waals surface area contributed by atoms with E-state index in [4.69, 9.17) is 0 Å². The number of benzene rings is 2. The van der Waals surface area contributed by atoms with Gasteiger partial charge in [-0.1, -0.05) is 49.4 Å². The highest BCUT2D eigenvalue weighted by atomic mass is 16.2.